The van der Waals surface area contributed by atoms with Gasteiger partial charge in [0.2, 0.25) is 20.4 Å². The number of aryl methyl sites for hydroxylation is 3. The molecule has 15 aliphatic heterocycles. The first-order valence-electron chi connectivity index (χ1n) is 50.0. The van der Waals surface area contributed by atoms with Crippen LogP contribution in [0.4, 0.5) is 0 Å². The van der Waals surface area contributed by atoms with Crippen LogP contribution in [-0.2, 0) is 57.5 Å². The minimum absolute atomic E-state index is 0.00590. The molecule has 150 heavy (non-hydrogen) atoms. The number of rotatable bonds is 22. The van der Waals surface area contributed by atoms with Gasteiger partial charge in [-0.2, -0.15) is 15.8 Å². The van der Waals surface area contributed by atoms with Crippen LogP contribution in [0.3, 0.4) is 0 Å². The van der Waals surface area contributed by atoms with Crippen LogP contribution in [0, 0.1) is 75.5 Å². The topological polar surface area (TPSA) is 397 Å². The Morgan fingerprint density at radius 2 is 0.673 bits per heavy atom. The van der Waals surface area contributed by atoms with Crippen molar-refractivity contribution in [3.8, 4) is 104 Å². The average molecular weight is 2040 g/mol. The summed E-state index contributed by atoms with van der Waals surface area (Å²) in [7, 11) is 15.6. The number of esters is 1. The number of methoxy groups -OCH3 is 6. The summed E-state index contributed by atoms with van der Waals surface area (Å²) in [6, 6.07) is 27.9. The number of hydrogen-bond acceptors (Lipinski definition) is 34. The van der Waals surface area contributed by atoms with Gasteiger partial charge in [-0.3, -0.25) is 77.7 Å². The van der Waals surface area contributed by atoms with Crippen molar-refractivity contribution < 1.29 is 119 Å². The van der Waals surface area contributed by atoms with Crippen LogP contribution in [-0.4, -0.2) is 276 Å². The van der Waals surface area contributed by atoms with Gasteiger partial charge in [0.1, 0.15) is 42.0 Å². The summed E-state index contributed by atoms with van der Waals surface area (Å²) < 4.78 is 101. The molecule has 0 saturated carbocycles. The molecule has 24 rings (SSSR count). The smallest absolute Gasteiger partial charge is 0.308 e. The average Bonchev–Trinajstić information content (AvgIpc) is 0.987. The SMILES string of the molecule is C=CCOc1c(C)c2c(c3c1CC1[C@H]4c5c(cc(C)c(OC)c5OCOC)C[C@@H](C(C#N)N1[C@H]3CN1C(=O)c3ccccc3C1=O)N4C)OCO2.COCOc1c(OC)c(C)cc2c1[C@@H]1C3Cc4c(O)c(C)c5c(c4[C@H](CN4C(=O)c6ccccc6C4=O)N3C(C#N)[C@H](C2)N1C)OCO5.COCOc1c(OC)c(C)cc2c1[C@@H]1C3Cc4c(OC(C)=O)c(C)c5c(c4[C@H](CN4C(=O)c6ccccc6C4=O)N3C(C#N)[C@H](C2)N1C)OCO5. The minimum Gasteiger partial charge on any atom is -0.507 e. The summed E-state index contributed by atoms with van der Waals surface area (Å²) in [5.74, 6) is 4.67. The molecule has 0 aliphatic carbocycles. The number of benzene rings is 9. The lowest BCUT2D eigenvalue weighted by atomic mass is 9.71. The number of fused-ring (bicyclic) bond motifs is 30. The van der Waals surface area contributed by atoms with Gasteiger partial charge < -0.3 is 85.6 Å². The number of nitriles is 3. The van der Waals surface area contributed by atoms with Gasteiger partial charge in [-0.25, -0.2) is 0 Å². The summed E-state index contributed by atoms with van der Waals surface area (Å²) in [4.78, 5) is 113. The van der Waals surface area contributed by atoms with Gasteiger partial charge in [0.05, 0.1) is 109 Å². The number of aromatic hydroxyl groups is 1. The van der Waals surface area contributed by atoms with Crippen molar-refractivity contribution >= 4 is 41.4 Å². The molecule has 3 fully saturated rings. The number of carbonyl (C=O) groups is 7. The second-order valence-corrected chi connectivity index (χ2v) is 40.4. The van der Waals surface area contributed by atoms with Crippen molar-refractivity contribution in [2.24, 2.45) is 0 Å². The number of amides is 6. The van der Waals surface area contributed by atoms with Crippen LogP contribution in [0.2, 0.25) is 0 Å². The van der Waals surface area contributed by atoms with Gasteiger partial charge in [0.15, 0.2) is 89.4 Å². The lowest BCUT2D eigenvalue weighted by Crippen LogP contribution is -2.69. The third-order valence-corrected chi connectivity index (χ3v) is 33.0. The van der Waals surface area contributed by atoms with E-state index >= 15 is 0 Å². The molecule has 776 valence electrons. The van der Waals surface area contributed by atoms with Gasteiger partial charge >= 0.3 is 5.97 Å². The highest BCUT2D eigenvalue weighted by Gasteiger charge is 2.64. The predicted molar refractivity (Wildman–Crippen MR) is 535 cm³/mol. The Morgan fingerprint density at radius 3 is 0.967 bits per heavy atom. The predicted octanol–water partition coefficient (Wildman–Crippen LogP) is 12.5. The van der Waals surface area contributed by atoms with Crippen LogP contribution in [0.1, 0.15) is 205 Å². The first-order valence-corrected chi connectivity index (χ1v) is 50.0. The van der Waals surface area contributed by atoms with Gasteiger partial charge in [-0.15, -0.1) is 0 Å². The van der Waals surface area contributed by atoms with E-state index in [1.807, 2.05) is 48.7 Å². The standard InChI is InChI=1S/C39H40N4O8.C38H38N4O9.C36H36N4O8/c1-7-12-48-34-21(3)35-37(51-19-50-35)31-25(34)15-27-32-30-22(13-20(2)33(47-6)36(30)49-18-46-5)14-26(41(32)4)28(16-40)43(27)29(31)17-42-38(44)23-10-8-9-11-24(23)39(42)45;1-18-11-21-12-25-27(14-39)42-26(31(40(25)4)29(21)35(32(18)47-6)48-16-46-5)13-24-30(36-34(49-17-50-36)19(2)33(24)51-20(3)43)28(42)15-41-37(44)22-9-7-8-10-23(22)38(41)45;1-17-10-19-11-23-25(13-37)40-24(29(38(23)3)27(19)33(31(17)45-5)46-15-44-4)12-22-28(34-32(47-16-48-34)18(2)30(22)41)26(40)14-39-35(42)20-8-6-7-9-21(20)36(39)43/h7-11,13,26-29,32H,1,12,14-15,17-19H2,2-6H3;7-11,25-28,31H,12-13,15-17H2,1-6H3;6-10,23-26,29,41H,11-12,14-16H2,1-5H3/t26-,27?,28?,29-,32-;25-,26?,27?,28-,31-;23-,24?,25?,26-,29-/m000/s1. The van der Waals surface area contributed by atoms with Gasteiger partial charge in [0.25, 0.3) is 35.4 Å². The van der Waals surface area contributed by atoms with E-state index in [2.05, 4.69) is 79.4 Å². The van der Waals surface area contributed by atoms with E-state index in [4.69, 9.17) is 80.5 Å². The molecule has 3 saturated heterocycles. The van der Waals surface area contributed by atoms with Crippen molar-refractivity contribution in [3.05, 3.63) is 237 Å². The fourth-order valence-corrected chi connectivity index (χ4v) is 27.1. The van der Waals surface area contributed by atoms with E-state index in [9.17, 15) is 54.5 Å². The summed E-state index contributed by atoms with van der Waals surface area (Å²) in [6.07, 6.45) is 4.53. The van der Waals surface area contributed by atoms with E-state index in [1.165, 1.54) is 21.6 Å². The lowest BCUT2D eigenvalue weighted by molar-refractivity contribution is -0.132. The van der Waals surface area contributed by atoms with Gasteiger partial charge in [0, 0.05) is 151 Å². The number of ether oxygens (including phenoxy) is 17. The highest BCUT2D eigenvalue weighted by Crippen LogP contribution is 2.65. The Kier molecular flexibility index (Phi) is 25.8. The molecule has 1 N–H and O–H groups in total. The number of piperazine rings is 3. The number of phenolic OH excluding ortho intramolecular Hbond substituents is 1. The number of carbonyl (C=O) groups excluding carboxylic acids is 7. The zero-order valence-corrected chi connectivity index (χ0v) is 86.0. The third kappa shape index (κ3) is 15.1. The van der Waals surface area contributed by atoms with Crippen molar-refractivity contribution in [1.82, 2.24) is 44.1 Å². The molecule has 0 aromatic heterocycles. The first kappa shape index (κ1) is 99.5. The van der Waals surface area contributed by atoms with Crippen molar-refractivity contribution in [1.29, 1.82) is 15.8 Å². The molecule has 6 amide bonds. The quantitative estimate of drug-likeness (QED) is 0.0216. The van der Waals surface area contributed by atoms with Crippen LogP contribution in [0.5, 0.6) is 86.2 Å². The van der Waals surface area contributed by atoms with Crippen molar-refractivity contribution in [2.75, 3.05) is 131 Å². The van der Waals surface area contributed by atoms with Crippen molar-refractivity contribution in [2.45, 2.75) is 178 Å². The van der Waals surface area contributed by atoms with E-state index in [0.717, 1.165) is 66.8 Å². The fourth-order valence-electron chi connectivity index (χ4n) is 27.1. The molecule has 6 bridgehead atoms. The Balaban J connectivity index is 0.000000127. The van der Waals surface area contributed by atoms with E-state index < -0.39 is 71.9 Å². The maximum absolute atomic E-state index is 13.9. The highest BCUT2D eigenvalue weighted by atomic mass is 16.7. The Hall–Kier alpha value is -15.1. The first-order chi connectivity index (χ1) is 72.6. The largest absolute Gasteiger partial charge is 0.507 e. The van der Waals surface area contributed by atoms with Crippen LogP contribution in [0.25, 0.3) is 0 Å². The fraction of sp³-hybridized carbons (Fsp3) is 0.416. The Morgan fingerprint density at radius 1 is 0.387 bits per heavy atom. The number of imide groups is 3. The summed E-state index contributed by atoms with van der Waals surface area (Å²) in [6.45, 7) is 16.8. The zero-order chi connectivity index (χ0) is 105. The van der Waals surface area contributed by atoms with Crippen LogP contribution < -0.4 is 66.3 Å². The molecule has 15 atom stereocenters. The maximum atomic E-state index is 13.9. The number of likely N-dealkylation sites (N-methyl/N-ethyl adjacent to an activating group) is 3. The number of nitrogens with zero attached hydrogens (tertiary/aromatic N) is 12. The normalized spacial score (nSPS) is 24.6. The molecule has 0 spiro atoms. The lowest BCUT2D eigenvalue weighted by Gasteiger charge is -2.60. The van der Waals surface area contributed by atoms with E-state index in [0.29, 0.717) is 186 Å². The second kappa shape index (κ2) is 38.8. The third-order valence-electron chi connectivity index (χ3n) is 33.0. The molecule has 15 heterocycles. The number of phenols is 1. The molecule has 15 aliphatic rings. The van der Waals surface area contributed by atoms with E-state index in [1.54, 1.807) is 128 Å². The van der Waals surface area contributed by atoms with Gasteiger partial charge in [-0.05, 0) is 171 Å². The molecule has 9 aromatic rings. The molecule has 9 aromatic carbocycles. The summed E-state index contributed by atoms with van der Waals surface area (Å²) in [5, 5.41) is 44.9. The van der Waals surface area contributed by atoms with Crippen molar-refractivity contribution in [3.63, 3.8) is 0 Å². The molecular formula is C113H114N12O25. The molecule has 37 heteroatoms. The zero-order valence-electron chi connectivity index (χ0n) is 86.0. The van der Waals surface area contributed by atoms with Crippen LogP contribution in [0.15, 0.2) is 104 Å². The number of hydrogen-bond donors (Lipinski definition) is 1. The summed E-state index contributed by atoms with van der Waals surface area (Å²) >= 11 is 0. The monoisotopic (exact) mass is 2040 g/mol. The summed E-state index contributed by atoms with van der Waals surface area (Å²) in [5.41, 5.74) is 17.0. The highest BCUT2D eigenvalue weighted by molar-refractivity contribution is 6.23. The molecular weight excluding hydrogens is 1930 g/mol. The Bertz CT molecular complexity index is 7270. The Labute approximate surface area is 866 Å². The van der Waals surface area contributed by atoms with Crippen LogP contribution >= 0.6 is 0 Å². The second-order valence-electron chi connectivity index (χ2n) is 40.4. The van der Waals surface area contributed by atoms with E-state index in [-0.39, 0.29) is 133 Å². The van der Waals surface area contributed by atoms with Gasteiger partial charge in [-0.1, -0.05) is 67.3 Å². The molecule has 0 radical (unpaired) electrons. The molecule has 6 unspecified atom stereocenters. The maximum Gasteiger partial charge on any atom is 0.308 e. The molecule has 37 nitrogen and oxygen atoms in total. The minimum atomic E-state index is -0.730.